The first-order chi connectivity index (χ1) is 9.76. The van der Waals surface area contributed by atoms with Crippen LogP contribution in [0.3, 0.4) is 0 Å². The van der Waals surface area contributed by atoms with E-state index in [1.807, 2.05) is 0 Å². The van der Waals surface area contributed by atoms with Gasteiger partial charge >= 0.3 is 0 Å². The molecule has 1 N–H and O–H groups in total. The minimum Gasteiger partial charge on any atom is -0.490 e. The van der Waals surface area contributed by atoms with Gasteiger partial charge in [0.25, 0.3) is 0 Å². The smallest absolute Gasteiger partial charge is 0.120 e. The van der Waals surface area contributed by atoms with E-state index < -0.39 is 0 Å². The third-order valence-corrected chi connectivity index (χ3v) is 5.07. The van der Waals surface area contributed by atoms with Gasteiger partial charge in [0.15, 0.2) is 0 Å². The third kappa shape index (κ3) is 3.01. The third-order valence-electron chi connectivity index (χ3n) is 5.07. The first kappa shape index (κ1) is 13.9. The van der Waals surface area contributed by atoms with Crippen molar-refractivity contribution in [1.82, 2.24) is 0 Å². The molecule has 1 aromatic carbocycles. The van der Waals surface area contributed by atoms with Crippen LogP contribution in [0.25, 0.3) is 0 Å². The van der Waals surface area contributed by atoms with Gasteiger partial charge in [-0.05, 0) is 74.1 Å². The average molecular weight is 274 g/mol. The molecular formula is C18H26O2. The Bertz CT molecular complexity index is 447. The summed E-state index contributed by atoms with van der Waals surface area (Å²) in [5, 5.41) is 10.1. The van der Waals surface area contributed by atoms with Crippen LogP contribution in [0, 0.1) is 5.92 Å². The van der Waals surface area contributed by atoms with Crippen LogP contribution < -0.4 is 4.74 Å². The minimum absolute atomic E-state index is 0.293. The molecule has 0 radical (unpaired) electrons. The quantitative estimate of drug-likeness (QED) is 0.885. The standard InChI is InChI=1S/C18H26O2/c1-2-13-6-9-15(10-7-13)20-16-11-8-14-4-3-5-18(19)17(14)12-16/h8,11-13,15,18-19H,2-7,9-10H2,1H3/t13?,15?,18-/m1/s1. The molecule has 1 fully saturated rings. The normalized spacial score (nSPS) is 29.8. The number of benzene rings is 1. The summed E-state index contributed by atoms with van der Waals surface area (Å²) in [6.07, 6.45) is 9.41. The highest BCUT2D eigenvalue weighted by molar-refractivity contribution is 5.38. The van der Waals surface area contributed by atoms with E-state index in [2.05, 4.69) is 25.1 Å². The second-order valence-electron chi connectivity index (χ2n) is 6.44. The first-order valence-electron chi connectivity index (χ1n) is 8.23. The molecule has 0 aliphatic heterocycles. The maximum atomic E-state index is 10.1. The van der Waals surface area contributed by atoms with Crippen molar-refractivity contribution < 1.29 is 9.84 Å². The lowest BCUT2D eigenvalue weighted by Crippen LogP contribution is -2.24. The Kier molecular flexibility index (Phi) is 4.30. The van der Waals surface area contributed by atoms with Gasteiger partial charge in [0.2, 0.25) is 0 Å². The largest absolute Gasteiger partial charge is 0.490 e. The van der Waals surface area contributed by atoms with Crippen molar-refractivity contribution in [2.45, 2.75) is 70.5 Å². The van der Waals surface area contributed by atoms with Crippen molar-refractivity contribution in [2.24, 2.45) is 5.92 Å². The van der Waals surface area contributed by atoms with Gasteiger partial charge in [0.05, 0.1) is 12.2 Å². The van der Waals surface area contributed by atoms with Crippen LogP contribution in [0.2, 0.25) is 0 Å². The van der Waals surface area contributed by atoms with Crippen molar-refractivity contribution in [3.8, 4) is 5.75 Å². The van der Waals surface area contributed by atoms with Gasteiger partial charge in [-0.15, -0.1) is 0 Å². The molecule has 0 bridgehead atoms. The number of aliphatic hydroxyl groups is 1. The molecule has 1 aromatic rings. The fraction of sp³-hybridized carbons (Fsp3) is 0.667. The molecule has 1 atom stereocenters. The molecule has 0 unspecified atom stereocenters. The zero-order valence-corrected chi connectivity index (χ0v) is 12.5. The Hall–Kier alpha value is -1.02. The van der Waals surface area contributed by atoms with E-state index in [4.69, 9.17) is 4.74 Å². The fourth-order valence-corrected chi connectivity index (χ4v) is 3.68. The SMILES string of the molecule is CCC1CCC(Oc2ccc3c(c2)[C@H](O)CCC3)CC1. The summed E-state index contributed by atoms with van der Waals surface area (Å²) in [6.45, 7) is 2.29. The summed E-state index contributed by atoms with van der Waals surface area (Å²) in [4.78, 5) is 0. The molecule has 0 spiro atoms. The highest BCUT2D eigenvalue weighted by Crippen LogP contribution is 2.34. The van der Waals surface area contributed by atoms with Crippen LogP contribution >= 0.6 is 0 Å². The zero-order chi connectivity index (χ0) is 13.9. The Morgan fingerprint density at radius 2 is 1.95 bits per heavy atom. The summed E-state index contributed by atoms with van der Waals surface area (Å²) in [5.41, 5.74) is 2.39. The van der Waals surface area contributed by atoms with Crippen molar-refractivity contribution in [1.29, 1.82) is 0 Å². The summed E-state index contributed by atoms with van der Waals surface area (Å²) in [5.74, 6) is 1.85. The lowest BCUT2D eigenvalue weighted by Gasteiger charge is -2.29. The molecule has 0 amide bonds. The second kappa shape index (κ2) is 6.17. The van der Waals surface area contributed by atoms with Crippen LogP contribution in [0.15, 0.2) is 18.2 Å². The monoisotopic (exact) mass is 274 g/mol. The van der Waals surface area contributed by atoms with Crippen LogP contribution in [-0.4, -0.2) is 11.2 Å². The van der Waals surface area contributed by atoms with Gasteiger partial charge in [-0.1, -0.05) is 19.4 Å². The molecule has 2 aliphatic rings. The Labute approximate surface area is 122 Å². The van der Waals surface area contributed by atoms with Crippen LogP contribution in [0.4, 0.5) is 0 Å². The van der Waals surface area contributed by atoms with Crippen LogP contribution in [-0.2, 0) is 6.42 Å². The minimum atomic E-state index is -0.293. The Morgan fingerprint density at radius 3 is 2.70 bits per heavy atom. The fourth-order valence-electron chi connectivity index (χ4n) is 3.68. The molecular weight excluding hydrogens is 248 g/mol. The number of hydrogen-bond acceptors (Lipinski definition) is 2. The maximum Gasteiger partial charge on any atom is 0.120 e. The highest BCUT2D eigenvalue weighted by atomic mass is 16.5. The lowest BCUT2D eigenvalue weighted by atomic mass is 9.86. The molecule has 110 valence electrons. The topological polar surface area (TPSA) is 29.5 Å². The second-order valence-corrected chi connectivity index (χ2v) is 6.44. The van der Waals surface area contributed by atoms with Gasteiger partial charge in [-0.2, -0.15) is 0 Å². The molecule has 20 heavy (non-hydrogen) atoms. The van der Waals surface area contributed by atoms with Gasteiger partial charge in [0, 0.05) is 0 Å². The number of aliphatic hydroxyl groups excluding tert-OH is 1. The number of ether oxygens (including phenoxy) is 1. The van der Waals surface area contributed by atoms with E-state index in [1.54, 1.807) is 0 Å². The van der Waals surface area contributed by atoms with Gasteiger partial charge in [-0.25, -0.2) is 0 Å². The molecule has 0 saturated heterocycles. The van der Waals surface area contributed by atoms with E-state index in [1.165, 1.54) is 37.7 Å². The summed E-state index contributed by atoms with van der Waals surface area (Å²) in [6, 6.07) is 6.30. The van der Waals surface area contributed by atoms with E-state index in [-0.39, 0.29) is 6.10 Å². The van der Waals surface area contributed by atoms with E-state index >= 15 is 0 Å². The van der Waals surface area contributed by atoms with Crippen molar-refractivity contribution in [3.05, 3.63) is 29.3 Å². The van der Waals surface area contributed by atoms with Gasteiger partial charge in [-0.3, -0.25) is 0 Å². The van der Waals surface area contributed by atoms with Crippen molar-refractivity contribution >= 4 is 0 Å². The predicted molar refractivity (Wildman–Crippen MR) is 81.0 cm³/mol. The number of rotatable bonds is 3. The van der Waals surface area contributed by atoms with Gasteiger partial charge in [0.1, 0.15) is 5.75 Å². The van der Waals surface area contributed by atoms with Crippen molar-refractivity contribution in [2.75, 3.05) is 0 Å². The Balaban J connectivity index is 1.65. The molecule has 2 nitrogen and oxygen atoms in total. The molecule has 1 saturated carbocycles. The Morgan fingerprint density at radius 1 is 1.15 bits per heavy atom. The summed E-state index contributed by atoms with van der Waals surface area (Å²) in [7, 11) is 0. The highest BCUT2D eigenvalue weighted by Gasteiger charge is 2.23. The van der Waals surface area contributed by atoms with Gasteiger partial charge < -0.3 is 9.84 Å². The van der Waals surface area contributed by atoms with E-state index in [0.717, 1.165) is 36.5 Å². The summed E-state index contributed by atoms with van der Waals surface area (Å²) >= 11 is 0. The first-order valence-corrected chi connectivity index (χ1v) is 8.23. The predicted octanol–water partition coefficient (Wildman–Crippen LogP) is 4.40. The van der Waals surface area contributed by atoms with E-state index in [0.29, 0.717) is 6.10 Å². The number of fused-ring (bicyclic) bond motifs is 1. The molecule has 0 aromatic heterocycles. The van der Waals surface area contributed by atoms with E-state index in [9.17, 15) is 5.11 Å². The number of aryl methyl sites for hydroxylation is 1. The summed E-state index contributed by atoms with van der Waals surface area (Å²) < 4.78 is 6.15. The van der Waals surface area contributed by atoms with Crippen LogP contribution in [0.5, 0.6) is 5.75 Å². The molecule has 2 aliphatic carbocycles. The average Bonchev–Trinajstić information content (AvgIpc) is 2.49. The van der Waals surface area contributed by atoms with Crippen LogP contribution in [0.1, 0.15) is 69.1 Å². The maximum absolute atomic E-state index is 10.1. The molecule has 2 heteroatoms. The number of hydrogen-bond donors (Lipinski definition) is 1. The molecule has 3 rings (SSSR count). The lowest BCUT2D eigenvalue weighted by molar-refractivity contribution is 0.127. The zero-order valence-electron chi connectivity index (χ0n) is 12.5. The van der Waals surface area contributed by atoms with Crippen molar-refractivity contribution in [3.63, 3.8) is 0 Å². The molecule has 0 heterocycles.